The second-order valence-electron chi connectivity index (χ2n) is 4.43. The van der Waals surface area contributed by atoms with Crippen LogP contribution in [0.25, 0.3) is 0 Å². The van der Waals surface area contributed by atoms with Gasteiger partial charge in [-0.3, -0.25) is 4.79 Å². The molecule has 1 aliphatic rings. The molecule has 1 fully saturated rings. The van der Waals surface area contributed by atoms with Crippen LogP contribution in [0.15, 0.2) is 0 Å². The Balaban J connectivity index is 0. The Bertz CT molecular complexity index is 234. The molecular weight excluding hydrogens is 262 g/mol. The van der Waals surface area contributed by atoms with Crippen LogP contribution in [0.2, 0.25) is 0 Å². The molecule has 0 aromatic carbocycles. The molecule has 1 rings (SSSR count). The van der Waals surface area contributed by atoms with Gasteiger partial charge in [-0.15, -0.1) is 0 Å². The average molecular weight is 291 g/mol. The van der Waals surface area contributed by atoms with Crippen molar-refractivity contribution in [3.63, 3.8) is 0 Å². The number of hydrogen-bond donors (Lipinski definition) is 2. The fourth-order valence-corrected chi connectivity index (χ4v) is 1.58. The van der Waals surface area contributed by atoms with Gasteiger partial charge in [0.05, 0.1) is 13.0 Å². The van der Waals surface area contributed by atoms with Crippen LogP contribution in [0.5, 0.6) is 0 Å². The maximum absolute atomic E-state index is 9.82. The summed E-state index contributed by atoms with van der Waals surface area (Å²) in [7, 11) is 0. The number of carboxylic acid groups (broad SMARTS) is 2. The number of carboxylic acids is 2. The van der Waals surface area contributed by atoms with Gasteiger partial charge in [0.1, 0.15) is 6.61 Å². The number of rotatable bonds is 6. The van der Waals surface area contributed by atoms with Crippen molar-refractivity contribution in [1.82, 2.24) is 4.90 Å². The third-order valence-corrected chi connectivity index (χ3v) is 2.56. The molecule has 0 bridgehead atoms. The van der Waals surface area contributed by atoms with Gasteiger partial charge < -0.3 is 19.8 Å². The van der Waals surface area contributed by atoms with Crippen LogP contribution in [0.4, 0.5) is 0 Å². The summed E-state index contributed by atoms with van der Waals surface area (Å²) in [4.78, 5) is 22.1. The summed E-state index contributed by atoms with van der Waals surface area (Å²) in [5.41, 5.74) is 0. The van der Waals surface area contributed by atoms with Gasteiger partial charge in [-0.25, -0.2) is 4.79 Å². The largest absolute Gasteiger partial charge is 0.481 e. The average Bonchev–Trinajstić information content (AvgIpc) is 2.91. The van der Waals surface area contributed by atoms with Crippen molar-refractivity contribution in [2.24, 2.45) is 0 Å². The van der Waals surface area contributed by atoms with Crippen LogP contribution in [-0.2, 0) is 14.3 Å². The van der Waals surface area contributed by atoms with Crippen LogP contribution in [-0.4, -0.2) is 59.4 Å². The maximum Gasteiger partial charge on any atom is 0.329 e. The van der Waals surface area contributed by atoms with Gasteiger partial charge >= 0.3 is 11.9 Å². The Kier molecular flexibility index (Phi) is 15.1. The maximum atomic E-state index is 9.82. The molecule has 0 amide bonds. The lowest BCUT2D eigenvalue weighted by molar-refractivity contribution is -0.145. The van der Waals surface area contributed by atoms with Crippen molar-refractivity contribution >= 4 is 11.9 Å². The van der Waals surface area contributed by atoms with Gasteiger partial charge in [0.25, 0.3) is 0 Å². The Morgan fingerprint density at radius 1 is 1.10 bits per heavy atom. The molecule has 0 atom stereocenters. The van der Waals surface area contributed by atoms with Gasteiger partial charge in [-0.05, 0) is 39.8 Å². The van der Waals surface area contributed by atoms with E-state index in [1.54, 1.807) is 0 Å². The van der Waals surface area contributed by atoms with Gasteiger partial charge in [-0.2, -0.15) is 0 Å². The van der Waals surface area contributed by atoms with Crippen molar-refractivity contribution in [3.05, 3.63) is 0 Å². The minimum absolute atomic E-state index is 0.0539. The molecule has 20 heavy (non-hydrogen) atoms. The summed E-state index contributed by atoms with van der Waals surface area (Å²) in [5.74, 6) is -2.09. The highest BCUT2D eigenvalue weighted by Crippen LogP contribution is 2.09. The molecule has 6 heteroatoms. The standard InChI is InChI=1S/C7H15N.C5H8O5.C2H6/c1-7(2)8-5-3-4-6-8;6-4(7)1-2-10-3-5(8)9;1-2/h7H,3-6H2,1-2H3;1-3H2,(H,6,7)(H,8,9);1-2H3. The summed E-state index contributed by atoms with van der Waals surface area (Å²) < 4.78 is 4.43. The molecule has 0 aromatic heterocycles. The zero-order valence-corrected chi connectivity index (χ0v) is 13.1. The van der Waals surface area contributed by atoms with Crippen molar-refractivity contribution in [3.8, 4) is 0 Å². The third-order valence-electron chi connectivity index (χ3n) is 2.56. The molecule has 0 unspecified atom stereocenters. The first-order chi connectivity index (χ1) is 9.43. The first-order valence-corrected chi connectivity index (χ1v) is 7.19. The summed E-state index contributed by atoms with van der Waals surface area (Å²) in [6, 6.07) is 0.775. The first kappa shape index (κ1) is 21.2. The molecule has 0 spiro atoms. The number of carbonyl (C=O) groups is 2. The van der Waals surface area contributed by atoms with Gasteiger partial charge in [0.2, 0.25) is 0 Å². The summed E-state index contributed by atoms with van der Waals surface area (Å²) in [5, 5.41) is 16.1. The quantitative estimate of drug-likeness (QED) is 0.729. The number of ether oxygens (including phenoxy) is 1. The van der Waals surface area contributed by atoms with Crippen LogP contribution < -0.4 is 0 Å². The molecule has 120 valence electrons. The highest BCUT2D eigenvalue weighted by Gasteiger charge is 2.13. The van der Waals surface area contributed by atoms with Crippen molar-refractivity contribution in [1.29, 1.82) is 0 Å². The first-order valence-electron chi connectivity index (χ1n) is 7.19. The van der Waals surface area contributed by atoms with E-state index in [4.69, 9.17) is 10.2 Å². The molecule has 0 aromatic rings. The minimum Gasteiger partial charge on any atom is -0.481 e. The van der Waals surface area contributed by atoms with Gasteiger partial charge in [0.15, 0.2) is 0 Å². The Labute approximate surface area is 121 Å². The Hall–Kier alpha value is -1.14. The number of aliphatic carboxylic acids is 2. The van der Waals surface area contributed by atoms with Crippen molar-refractivity contribution in [2.45, 2.75) is 53.0 Å². The van der Waals surface area contributed by atoms with E-state index in [0.29, 0.717) is 0 Å². The van der Waals surface area contributed by atoms with E-state index in [0.717, 1.165) is 6.04 Å². The highest BCUT2D eigenvalue weighted by molar-refractivity contribution is 5.68. The Morgan fingerprint density at radius 2 is 1.60 bits per heavy atom. The summed E-state index contributed by atoms with van der Waals surface area (Å²) in [6.07, 6.45) is 2.67. The predicted molar refractivity (Wildman–Crippen MR) is 78.0 cm³/mol. The van der Waals surface area contributed by atoms with Crippen LogP contribution in [0.1, 0.15) is 47.0 Å². The predicted octanol–water partition coefficient (Wildman–Crippen LogP) is 2.08. The number of nitrogens with zero attached hydrogens (tertiary/aromatic N) is 1. The van der Waals surface area contributed by atoms with Gasteiger partial charge in [-0.1, -0.05) is 13.8 Å². The SMILES string of the molecule is CC.CC(C)N1CCCC1.O=C(O)CCOCC(=O)O. The monoisotopic (exact) mass is 291 g/mol. The smallest absolute Gasteiger partial charge is 0.329 e. The number of hydrogen-bond acceptors (Lipinski definition) is 4. The molecule has 2 N–H and O–H groups in total. The van der Waals surface area contributed by atoms with E-state index in [9.17, 15) is 9.59 Å². The lowest BCUT2D eigenvalue weighted by Gasteiger charge is -2.18. The second-order valence-corrected chi connectivity index (χ2v) is 4.43. The fraction of sp³-hybridized carbons (Fsp3) is 0.857. The molecule has 0 aliphatic carbocycles. The lowest BCUT2D eigenvalue weighted by Crippen LogP contribution is -2.26. The molecule has 0 radical (unpaired) electrons. The van der Waals surface area contributed by atoms with E-state index in [2.05, 4.69) is 23.5 Å². The van der Waals surface area contributed by atoms with Crippen LogP contribution >= 0.6 is 0 Å². The van der Waals surface area contributed by atoms with E-state index in [1.807, 2.05) is 13.8 Å². The fourth-order valence-electron chi connectivity index (χ4n) is 1.58. The third kappa shape index (κ3) is 14.9. The molecule has 0 saturated carbocycles. The second kappa shape index (κ2) is 14.3. The summed E-state index contributed by atoms with van der Waals surface area (Å²) in [6.45, 7) is 10.7. The highest BCUT2D eigenvalue weighted by atomic mass is 16.5. The minimum atomic E-state index is -1.09. The molecule has 1 saturated heterocycles. The van der Waals surface area contributed by atoms with E-state index >= 15 is 0 Å². The normalized spacial score (nSPS) is 14.1. The van der Waals surface area contributed by atoms with Crippen LogP contribution in [0.3, 0.4) is 0 Å². The molecule has 1 aliphatic heterocycles. The number of likely N-dealkylation sites (tertiary alicyclic amines) is 1. The molecule has 1 heterocycles. The topological polar surface area (TPSA) is 87.1 Å². The molecule has 6 nitrogen and oxygen atoms in total. The van der Waals surface area contributed by atoms with Crippen molar-refractivity contribution < 1.29 is 24.5 Å². The van der Waals surface area contributed by atoms with E-state index < -0.39 is 18.5 Å². The van der Waals surface area contributed by atoms with Crippen LogP contribution in [0, 0.1) is 0 Å². The van der Waals surface area contributed by atoms with Crippen molar-refractivity contribution in [2.75, 3.05) is 26.3 Å². The Morgan fingerprint density at radius 3 is 1.90 bits per heavy atom. The van der Waals surface area contributed by atoms with E-state index in [-0.39, 0.29) is 13.0 Å². The zero-order chi connectivity index (χ0) is 16.0. The van der Waals surface area contributed by atoms with E-state index in [1.165, 1.54) is 25.9 Å². The van der Waals surface area contributed by atoms with Gasteiger partial charge in [0, 0.05) is 6.04 Å². The summed E-state index contributed by atoms with van der Waals surface area (Å²) >= 11 is 0. The lowest BCUT2D eigenvalue weighted by atomic mass is 10.3. The molecular formula is C14H29NO5. The zero-order valence-electron chi connectivity index (χ0n) is 13.1.